The van der Waals surface area contributed by atoms with Gasteiger partial charge in [0.15, 0.2) is 0 Å². The van der Waals surface area contributed by atoms with Crippen LogP contribution >= 0.6 is 11.3 Å². The number of alkyl halides is 3. The summed E-state index contributed by atoms with van der Waals surface area (Å²) in [5.74, 6) is -0.0746. The molecule has 0 spiro atoms. The van der Waals surface area contributed by atoms with Gasteiger partial charge in [-0.3, -0.25) is 4.79 Å². The first-order valence-electron chi connectivity index (χ1n) is 11.5. The van der Waals surface area contributed by atoms with Crippen molar-refractivity contribution in [3.63, 3.8) is 0 Å². The SMILES string of the molecule is COc1ncc(N2CCc3ncnc(OC=CC4CCN(C(=O)c5cscn5)C4)c3C2)cc1C(F)(F)F. The molecule has 5 heterocycles. The number of anilines is 1. The Labute approximate surface area is 214 Å². The van der Waals surface area contributed by atoms with Crippen molar-refractivity contribution in [2.75, 3.05) is 31.6 Å². The number of likely N-dealkylation sites (tertiary alicyclic amines) is 1. The van der Waals surface area contributed by atoms with Crippen LogP contribution < -0.4 is 14.4 Å². The molecule has 0 bridgehead atoms. The largest absolute Gasteiger partial charge is 0.481 e. The Morgan fingerprint density at radius 1 is 1.19 bits per heavy atom. The molecule has 1 fully saturated rings. The van der Waals surface area contributed by atoms with E-state index >= 15 is 0 Å². The van der Waals surface area contributed by atoms with Gasteiger partial charge < -0.3 is 19.3 Å². The van der Waals surface area contributed by atoms with Crippen LogP contribution in [0.3, 0.4) is 0 Å². The van der Waals surface area contributed by atoms with Gasteiger partial charge in [0.25, 0.3) is 5.91 Å². The number of hydrogen-bond donors (Lipinski definition) is 0. The second-order valence-corrected chi connectivity index (χ2v) is 9.36. The van der Waals surface area contributed by atoms with E-state index in [9.17, 15) is 18.0 Å². The Morgan fingerprint density at radius 2 is 2.05 bits per heavy atom. The molecule has 3 aromatic heterocycles. The van der Waals surface area contributed by atoms with Crippen LogP contribution in [0.15, 0.2) is 41.8 Å². The number of fused-ring (bicyclic) bond motifs is 1. The molecule has 37 heavy (non-hydrogen) atoms. The Hall–Kier alpha value is -3.74. The third kappa shape index (κ3) is 5.36. The van der Waals surface area contributed by atoms with E-state index in [4.69, 9.17) is 9.47 Å². The molecular weight excluding hydrogens is 509 g/mol. The summed E-state index contributed by atoms with van der Waals surface area (Å²) in [6, 6.07) is 1.04. The number of hydrogen-bond acceptors (Lipinski definition) is 9. The maximum absolute atomic E-state index is 13.5. The molecule has 0 aliphatic carbocycles. The summed E-state index contributed by atoms with van der Waals surface area (Å²) in [7, 11) is 1.16. The molecule has 0 aromatic carbocycles. The topological polar surface area (TPSA) is 93.6 Å². The number of thiazole rings is 1. The molecule has 194 valence electrons. The quantitative estimate of drug-likeness (QED) is 0.441. The first-order valence-corrected chi connectivity index (χ1v) is 12.5. The molecule has 0 radical (unpaired) electrons. The highest BCUT2D eigenvalue weighted by atomic mass is 32.1. The van der Waals surface area contributed by atoms with E-state index < -0.39 is 17.6 Å². The van der Waals surface area contributed by atoms with Crippen LogP contribution in [0.4, 0.5) is 18.9 Å². The number of aromatic nitrogens is 4. The lowest BCUT2D eigenvalue weighted by atomic mass is 10.1. The first kappa shape index (κ1) is 24.9. The molecule has 5 rings (SSSR count). The second kappa shape index (κ2) is 10.3. The minimum Gasteiger partial charge on any atom is -0.481 e. The Bertz CT molecular complexity index is 1300. The van der Waals surface area contributed by atoms with Gasteiger partial charge in [-0.15, -0.1) is 11.3 Å². The monoisotopic (exact) mass is 532 g/mol. The number of carbonyl (C=O) groups is 1. The molecule has 3 aromatic rings. The van der Waals surface area contributed by atoms with Crippen molar-refractivity contribution in [3.05, 3.63) is 64.3 Å². The van der Waals surface area contributed by atoms with E-state index in [1.54, 1.807) is 27.0 Å². The Morgan fingerprint density at radius 3 is 2.81 bits per heavy atom. The number of methoxy groups -OCH3 is 1. The van der Waals surface area contributed by atoms with Gasteiger partial charge in [0.2, 0.25) is 11.8 Å². The third-order valence-corrected chi connectivity index (χ3v) is 6.94. The molecule has 1 atom stereocenters. The molecule has 0 saturated carbocycles. The highest BCUT2D eigenvalue weighted by Gasteiger charge is 2.36. The third-order valence-electron chi connectivity index (χ3n) is 6.36. The number of carbonyl (C=O) groups excluding carboxylic acids is 1. The van der Waals surface area contributed by atoms with E-state index in [-0.39, 0.29) is 18.4 Å². The minimum atomic E-state index is -4.59. The van der Waals surface area contributed by atoms with Crippen molar-refractivity contribution in [1.82, 2.24) is 24.8 Å². The van der Waals surface area contributed by atoms with Crippen molar-refractivity contribution in [3.8, 4) is 11.8 Å². The van der Waals surface area contributed by atoms with Gasteiger partial charge in [0.05, 0.1) is 48.6 Å². The Balaban J connectivity index is 1.27. The second-order valence-electron chi connectivity index (χ2n) is 8.64. The average molecular weight is 533 g/mol. The van der Waals surface area contributed by atoms with E-state index in [1.807, 2.05) is 6.08 Å². The van der Waals surface area contributed by atoms with Gasteiger partial charge in [0.1, 0.15) is 17.6 Å². The fraction of sp³-hybridized carbons (Fsp3) is 0.375. The summed E-state index contributed by atoms with van der Waals surface area (Å²) in [6.45, 7) is 1.94. The zero-order valence-corrected chi connectivity index (χ0v) is 20.6. The van der Waals surface area contributed by atoms with Crippen LogP contribution in [0.2, 0.25) is 0 Å². The lowest BCUT2D eigenvalue weighted by molar-refractivity contribution is -0.139. The van der Waals surface area contributed by atoms with Crippen molar-refractivity contribution < 1.29 is 27.4 Å². The van der Waals surface area contributed by atoms with Crippen LogP contribution in [0, 0.1) is 5.92 Å². The molecule has 1 amide bonds. The van der Waals surface area contributed by atoms with Crippen LogP contribution in [-0.4, -0.2) is 57.5 Å². The van der Waals surface area contributed by atoms with E-state index in [1.165, 1.54) is 23.9 Å². The number of halogens is 3. The van der Waals surface area contributed by atoms with Crippen LogP contribution in [-0.2, 0) is 19.1 Å². The summed E-state index contributed by atoms with van der Waals surface area (Å²) in [5.41, 5.74) is 2.97. The molecule has 2 aliphatic rings. The normalized spacial score (nSPS) is 17.8. The van der Waals surface area contributed by atoms with Crippen LogP contribution in [0.5, 0.6) is 11.8 Å². The maximum atomic E-state index is 13.5. The number of amides is 1. The molecule has 1 unspecified atom stereocenters. The summed E-state index contributed by atoms with van der Waals surface area (Å²) in [4.78, 5) is 32.6. The van der Waals surface area contributed by atoms with Crippen molar-refractivity contribution in [1.29, 1.82) is 0 Å². The highest BCUT2D eigenvalue weighted by molar-refractivity contribution is 7.07. The van der Waals surface area contributed by atoms with Gasteiger partial charge >= 0.3 is 6.18 Å². The number of ether oxygens (including phenoxy) is 2. The number of nitrogens with zero attached hydrogens (tertiary/aromatic N) is 6. The standard InChI is InChI=1S/C24H23F3N6O3S/c1-35-22-18(24(25,26)27)8-16(9-28-22)32-6-3-19-17(11-32)21(30-13-29-19)36-7-4-15-2-5-33(10-15)23(34)20-12-37-14-31-20/h4,7-9,12-15H,2-3,5-6,10-11H2,1H3. The van der Waals surface area contributed by atoms with Crippen LogP contribution in [0.1, 0.15) is 33.7 Å². The van der Waals surface area contributed by atoms with E-state index in [0.29, 0.717) is 48.9 Å². The molecule has 0 N–H and O–H groups in total. The Kier molecular flexibility index (Phi) is 6.96. The minimum absolute atomic E-state index is 0.0790. The van der Waals surface area contributed by atoms with Gasteiger partial charge in [-0.1, -0.05) is 0 Å². The predicted octanol–water partition coefficient (Wildman–Crippen LogP) is 3.97. The zero-order chi connectivity index (χ0) is 26.0. The van der Waals surface area contributed by atoms with Gasteiger partial charge in [0, 0.05) is 31.4 Å². The lowest BCUT2D eigenvalue weighted by Gasteiger charge is -2.30. The van der Waals surface area contributed by atoms with Crippen LogP contribution in [0.25, 0.3) is 0 Å². The maximum Gasteiger partial charge on any atom is 0.421 e. The molecule has 9 nitrogen and oxygen atoms in total. The number of rotatable bonds is 6. The number of pyridine rings is 1. The predicted molar refractivity (Wildman–Crippen MR) is 128 cm³/mol. The van der Waals surface area contributed by atoms with E-state index in [0.717, 1.165) is 25.3 Å². The van der Waals surface area contributed by atoms with Crippen molar-refractivity contribution in [2.45, 2.75) is 25.6 Å². The van der Waals surface area contributed by atoms with Crippen molar-refractivity contribution >= 4 is 22.9 Å². The average Bonchev–Trinajstić information content (AvgIpc) is 3.60. The fourth-order valence-electron chi connectivity index (χ4n) is 4.44. The van der Waals surface area contributed by atoms with Gasteiger partial charge in [-0.05, 0) is 24.5 Å². The van der Waals surface area contributed by atoms with E-state index in [2.05, 4.69) is 19.9 Å². The summed E-state index contributed by atoms with van der Waals surface area (Å²) < 4.78 is 51.1. The fourth-order valence-corrected chi connectivity index (χ4v) is 4.97. The highest BCUT2D eigenvalue weighted by Crippen LogP contribution is 2.38. The smallest absolute Gasteiger partial charge is 0.421 e. The molecule has 2 aliphatic heterocycles. The summed E-state index contributed by atoms with van der Waals surface area (Å²) >= 11 is 1.38. The summed E-state index contributed by atoms with van der Waals surface area (Å²) in [6.07, 6.45) is 2.95. The zero-order valence-electron chi connectivity index (χ0n) is 19.8. The summed E-state index contributed by atoms with van der Waals surface area (Å²) in [5, 5.41) is 1.74. The van der Waals surface area contributed by atoms with Gasteiger partial charge in [-0.25, -0.2) is 19.9 Å². The van der Waals surface area contributed by atoms with Gasteiger partial charge in [-0.2, -0.15) is 13.2 Å². The lowest BCUT2D eigenvalue weighted by Crippen LogP contribution is -2.32. The first-order chi connectivity index (χ1) is 17.8. The molecule has 13 heteroatoms. The molecular formula is C24H23F3N6O3S. The van der Waals surface area contributed by atoms with Crippen molar-refractivity contribution in [2.24, 2.45) is 5.92 Å². The molecule has 1 saturated heterocycles.